The highest BCUT2D eigenvalue weighted by atomic mass is 79.9. The zero-order chi connectivity index (χ0) is 10.6. The van der Waals surface area contributed by atoms with Gasteiger partial charge in [0.05, 0.1) is 5.02 Å². The zero-order valence-electron chi connectivity index (χ0n) is 8.06. The summed E-state index contributed by atoms with van der Waals surface area (Å²) in [5.74, 6) is 0. The van der Waals surface area contributed by atoms with Gasteiger partial charge in [0.25, 0.3) is 0 Å². The Kier molecular flexibility index (Phi) is 4.89. The fraction of sp³-hybridized carbons (Fsp3) is 0.400. The van der Waals surface area contributed by atoms with Crippen LogP contribution in [-0.2, 0) is 6.54 Å². The van der Waals surface area contributed by atoms with E-state index in [0.717, 1.165) is 16.0 Å². The maximum absolute atomic E-state index is 5.88. The third kappa shape index (κ3) is 3.58. The molecule has 0 heterocycles. The Hall–Kier alpha value is -0.0900. The maximum Gasteiger partial charge on any atom is 0.0548 e. The minimum atomic E-state index is 0.337. The molecule has 1 aromatic carbocycles. The van der Waals surface area contributed by atoms with Gasteiger partial charge in [0.2, 0.25) is 0 Å². The highest BCUT2D eigenvalue weighted by Gasteiger charge is 2.01. The van der Waals surface area contributed by atoms with Crippen molar-refractivity contribution in [3.63, 3.8) is 0 Å². The second-order valence-electron chi connectivity index (χ2n) is 3.27. The van der Waals surface area contributed by atoms with E-state index >= 15 is 0 Å². The van der Waals surface area contributed by atoms with E-state index in [2.05, 4.69) is 28.2 Å². The first-order valence-electron chi connectivity index (χ1n) is 4.51. The van der Waals surface area contributed by atoms with Crippen LogP contribution in [0.4, 0.5) is 0 Å². The molecule has 0 fully saturated rings. The molecule has 78 valence electrons. The van der Waals surface area contributed by atoms with E-state index in [1.54, 1.807) is 0 Å². The van der Waals surface area contributed by atoms with Crippen molar-refractivity contribution < 1.29 is 0 Å². The molecule has 3 N–H and O–H groups in total. The van der Waals surface area contributed by atoms with Crippen LogP contribution in [0.2, 0.25) is 5.02 Å². The number of hydrogen-bond acceptors (Lipinski definition) is 2. The number of rotatable bonds is 4. The lowest BCUT2D eigenvalue weighted by Crippen LogP contribution is -2.32. The van der Waals surface area contributed by atoms with Crippen LogP contribution >= 0.6 is 27.5 Å². The minimum Gasteiger partial charge on any atom is -0.329 e. The summed E-state index contributed by atoms with van der Waals surface area (Å²) in [7, 11) is 0. The van der Waals surface area contributed by atoms with Gasteiger partial charge in [-0.2, -0.15) is 0 Å². The molecule has 1 atom stereocenters. The Morgan fingerprint density at radius 2 is 2.29 bits per heavy atom. The Labute approximate surface area is 98.0 Å². The molecule has 14 heavy (non-hydrogen) atoms. The van der Waals surface area contributed by atoms with E-state index in [1.807, 2.05) is 18.2 Å². The van der Waals surface area contributed by atoms with Gasteiger partial charge in [0, 0.05) is 23.6 Å². The quantitative estimate of drug-likeness (QED) is 0.887. The Morgan fingerprint density at radius 3 is 2.86 bits per heavy atom. The molecule has 4 heteroatoms. The van der Waals surface area contributed by atoms with Gasteiger partial charge in [-0.25, -0.2) is 0 Å². The Balaban J connectivity index is 2.55. The highest BCUT2D eigenvalue weighted by molar-refractivity contribution is 9.10. The first kappa shape index (κ1) is 12.0. The summed E-state index contributed by atoms with van der Waals surface area (Å²) in [6, 6.07) is 6.24. The summed E-state index contributed by atoms with van der Waals surface area (Å²) in [4.78, 5) is 0. The van der Waals surface area contributed by atoms with Gasteiger partial charge >= 0.3 is 0 Å². The third-order valence-corrected chi connectivity index (χ3v) is 3.21. The monoisotopic (exact) mass is 276 g/mol. The van der Waals surface area contributed by atoms with Crippen LogP contribution in [0, 0.1) is 0 Å². The smallest absolute Gasteiger partial charge is 0.0548 e. The molecule has 0 amide bonds. The molecular weight excluding hydrogens is 263 g/mol. The fourth-order valence-corrected chi connectivity index (χ4v) is 1.57. The second-order valence-corrected chi connectivity index (χ2v) is 4.53. The van der Waals surface area contributed by atoms with Gasteiger partial charge in [-0.3, -0.25) is 0 Å². The average Bonchev–Trinajstić information content (AvgIpc) is 2.19. The average molecular weight is 278 g/mol. The fourth-order valence-electron chi connectivity index (χ4n) is 1.03. The summed E-state index contributed by atoms with van der Waals surface area (Å²) in [5.41, 5.74) is 6.69. The number of halogens is 2. The van der Waals surface area contributed by atoms with Crippen molar-refractivity contribution in [1.82, 2.24) is 5.32 Å². The van der Waals surface area contributed by atoms with Gasteiger partial charge in [-0.1, -0.05) is 17.7 Å². The van der Waals surface area contributed by atoms with Crippen molar-refractivity contribution in [2.24, 2.45) is 5.73 Å². The standard InChI is InChI=1S/C10H14BrClN2/c1-7(5-13)14-6-8-2-3-10(12)9(11)4-8/h2-4,7,14H,5-6,13H2,1H3. The summed E-state index contributed by atoms with van der Waals surface area (Å²) in [5, 5.41) is 4.04. The SMILES string of the molecule is CC(CN)NCc1ccc(Cl)c(Br)c1. The van der Waals surface area contributed by atoms with E-state index in [0.29, 0.717) is 12.6 Å². The summed E-state index contributed by atoms with van der Waals surface area (Å²) in [6.07, 6.45) is 0. The summed E-state index contributed by atoms with van der Waals surface area (Å²) in [6.45, 7) is 3.52. The van der Waals surface area contributed by atoms with Crippen molar-refractivity contribution in [3.8, 4) is 0 Å². The molecule has 0 bridgehead atoms. The summed E-state index contributed by atoms with van der Waals surface area (Å²) < 4.78 is 0.930. The molecule has 0 aliphatic heterocycles. The van der Waals surface area contributed by atoms with Crippen LogP contribution in [0.3, 0.4) is 0 Å². The number of benzene rings is 1. The molecule has 1 unspecified atom stereocenters. The lowest BCUT2D eigenvalue weighted by molar-refractivity contribution is 0.556. The normalized spacial score (nSPS) is 12.9. The number of hydrogen-bond donors (Lipinski definition) is 2. The molecule has 1 rings (SSSR count). The molecule has 0 saturated carbocycles. The van der Waals surface area contributed by atoms with E-state index in [4.69, 9.17) is 17.3 Å². The molecule has 0 aromatic heterocycles. The number of nitrogens with one attached hydrogen (secondary N) is 1. The molecule has 0 saturated heterocycles. The van der Waals surface area contributed by atoms with Crippen LogP contribution in [0.25, 0.3) is 0 Å². The molecular formula is C10H14BrClN2. The Bertz CT molecular complexity index is 304. The molecule has 0 radical (unpaired) electrons. The lowest BCUT2D eigenvalue weighted by atomic mass is 10.2. The second kappa shape index (κ2) is 5.71. The topological polar surface area (TPSA) is 38.0 Å². The van der Waals surface area contributed by atoms with Crippen LogP contribution in [0.1, 0.15) is 12.5 Å². The van der Waals surface area contributed by atoms with Crippen LogP contribution in [0.15, 0.2) is 22.7 Å². The van der Waals surface area contributed by atoms with Crippen molar-refractivity contribution in [3.05, 3.63) is 33.3 Å². The van der Waals surface area contributed by atoms with Crippen LogP contribution in [-0.4, -0.2) is 12.6 Å². The van der Waals surface area contributed by atoms with E-state index < -0.39 is 0 Å². The van der Waals surface area contributed by atoms with Crippen molar-refractivity contribution in [2.75, 3.05) is 6.54 Å². The van der Waals surface area contributed by atoms with Gasteiger partial charge in [-0.15, -0.1) is 0 Å². The molecule has 1 aromatic rings. The number of nitrogens with two attached hydrogens (primary N) is 1. The van der Waals surface area contributed by atoms with Gasteiger partial charge in [-0.05, 0) is 40.5 Å². The zero-order valence-corrected chi connectivity index (χ0v) is 10.4. The van der Waals surface area contributed by atoms with Crippen LogP contribution < -0.4 is 11.1 Å². The predicted molar refractivity (Wildman–Crippen MR) is 64.5 cm³/mol. The van der Waals surface area contributed by atoms with Gasteiger partial charge < -0.3 is 11.1 Å². The van der Waals surface area contributed by atoms with Crippen LogP contribution in [0.5, 0.6) is 0 Å². The molecule has 0 spiro atoms. The first-order chi connectivity index (χ1) is 6.63. The summed E-state index contributed by atoms with van der Waals surface area (Å²) >= 11 is 9.27. The van der Waals surface area contributed by atoms with E-state index in [9.17, 15) is 0 Å². The largest absolute Gasteiger partial charge is 0.329 e. The van der Waals surface area contributed by atoms with Crippen molar-refractivity contribution >= 4 is 27.5 Å². The highest BCUT2D eigenvalue weighted by Crippen LogP contribution is 2.23. The third-order valence-electron chi connectivity index (χ3n) is 1.99. The maximum atomic E-state index is 5.88. The minimum absolute atomic E-state index is 0.337. The molecule has 0 aliphatic rings. The van der Waals surface area contributed by atoms with Crippen molar-refractivity contribution in [2.45, 2.75) is 19.5 Å². The lowest BCUT2D eigenvalue weighted by Gasteiger charge is -2.11. The van der Waals surface area contributed by atoms with Crippen molar-refractivity contribution in [1.29, 1.82) is 0 Å². The van der Waals surface area contributed by atoms with Gasteiger partial charge in [0.15, 0.2) is 0 Å². The first-order valence-corrected chi connectivity index (χ1v) is 5.68. The molecule has 0 aliphatic carbocycles. The van der Waals surface area contributed by atoms with E-state index in [-0.39, 0.29) is 0 Å². The molecule has 2 nitrogen and oxygen atoms in total. The van der Waals surface area contributed by atoms with Gasteiger partial charge in [0.1, 0.15) is 0 Å². The predicted octanol–water partition coefficient (Wildman–Crippen LogP) is 2.54. The van der Waals surface area contributed by atoms with E-state index in [1.165, 1.54) is 5.56 Å². The Morgan fingerprint density at radius 1 is 1.57 bits per heavy atom.